The zero-order valence-electron chi connectivity index (χ0n) is 22.4. The molecule has 4 aromatic rings. The maximum Gasteiger partial charge on any atom is 0.453 e. The van der Waals surface area contributed by atoms with Gasteiger partial charge in [-0.1, -0.05) is 12.5 Å². The van der Waals surface area contributed by atoms with E-state index in [0.29, 0.717) is 13.1 Å². The van der Waals surface area contributed by atoms with Gasteiger partial charge < -0.3 is 13.9 Å². The van der Waals surface area contributed by atoms with Gasteiger partial charge in [-0.05, 0) is 99.4 Å². The molecule has 0 radical (unpaired) electrons. The molecule has 1 saturated heterocycles. The molecule has 0 bridgehead atoms. The first-order valence-electron chi connectivity index (χ1n) is 13.2. The van der Waals surface area contributed by atoms with Crippen molar-refractivity contribution in [2.24, 2.45) is 0 Å². The number of halogens is 4. The fourth-order valence-corrected chi connectivity index (χ4v) is 4.78. The van der Waals surface area contributed by atoms with E-state index in [1.807, 2.05) is 11.8 Å². The molecule has 0 saturated carbocycles. The number of rotatable bonds is 6. The Morgan fingerprint density at radius 1 is 0.951 bits per heavy atom. The summed E-state index contributed by atoms with van der Waals surface area (Å²) in [5.41, 5.74) is 0.504. The van der Waals surface area contributed by atoms with Crippen molar-refractivity contribution < 1.29 is 36.2 Å². The van der Waals surface area contributed by atoms with Crippen molar-refractivity contribution in [1.29, 1.82) is 0 Å². The molecule has 5 rings (SSSR count). The summed E-state index contributed by atoms with van der Waals surface area (Å²) in [5, 5.41) is -0.148. The lowest BCUT2D eigenvalue weighted by Crippen LogP contribution is -2.29. The van der Waals surface area contributed by atoms with Crippen LogP contribution in [0.1, 0.15) is 52.1 Å². The van der Waals surface area contributed by atoms with Gasteiger partial charge >= 0.3 is 12.1 Å². The minimum absolute atomic E-state index is 0.0463. The van der Waals surface area contributed by atoms with Gasteiger partial charge in [0.25, 0.3) is 5.76 Å². The lowest BCUT2D eigenvalue weighted by Gasteiger charge is -2.27. The summed E-state index contributed by atoms with van der Waals surface area (Å²) in [4.78, 5) is 28.4. The van der Waals surface area contributed by atoms with E-state index in [9.17, 15) is 27.2 Å². The number of carbonyl (C=O) groups is 1. The lowest BCUT2D eigenvalue weighted by molar-refractivity contribution is -0.154. The molecule has 0 amide bonds. The highest BCUT2D eigenvalue weighted by Crippen LogP contribution is 2.40. The van der Waals surface area contributed by atoms with E-state index in [0.717, 1.165) is 42.5 Å². The van der Waals surface area contributed by atoms with E-state index >= 15 is 0 Å². The van der Waals surface area contributed by atoms with Crippen LogP contribution < -0.4 is 14.9 Å². The van der Waals surface area contributed by atoms with E-state index in [4.69, 9.17) is 13.9 Å². The molecule has 41 heavy (non-hydrogen) atoms. The van der Waals surface area contributed by atoms with Gasteiger partial charge in [0.15, 0.2) is 0 Å². The highest BCUT2D eigenvalue weighted by Gasteiger charge is 2.41. The summed E-state index contributed by atoms with van der Waals surface area (Å²) in [7, 11) is 0. The molecular formula is C31H27F4NO5. The molecule has 6 nitrogen and oxygen atoms in total. The van der Waals surface area contributed by atoms with Crippen LogP contribution in [0.3, 0.4) is 0 Å². The summed E-state index contributed by atoms with van der Waals surface area (Å²) in [5.74, 6) is -3.95. The molecule has 0 atom stereocenters. The van der Waals surface area contributed by atoms with Gasteiger partial charge in [-0.15, -0.1) is 0 Å². The Kier molecular flexibility index (Phi) is 7.86. The standard InChI is InChI=1S/C31H27F4NO5/c1-18-6-11-22(16-19(18)2)39-28-26(37)23-12-13-25(40-30(38)20-7-9-21(32)10-8-20)24(17-36-14-4-3-5-15-36)27(23)41-29(28)31(33,34)35/h6-13,16H,3-5,14-15,17H2,1-2H3. The first-order chi connectivity index (χ1) is 19.5. The summed E-state index contributed by atoms with van der Waals surface area (Å²) in [6.07, 6.45) is -2.26. The predicted octanol–water partition coefficient (Wildman–Crippen LogP) is 7.57. The highest BCUT2D eigenvalue weighted by molar-refractivity contribution is 5.92. The van der Waals surface area contributed by atoms with Crippen molar-refractivity contribution in [2.45, 2.75) is 45.8 Å². The van der Waals surface area contributed by atoms with Crippen molar-refractivity contribution in [2.75, 3.05) is 13.1 Å². The third-order valence-electron chi connectivity index (χ3n) is 7.15. The molecule has 214 valence electrons. The van der Waals surface area contributed by atoms with Crippen LogP contribution in [0.15, 0.2) is 63.8 Å². The topological polar surface area (TPSA) is 69.0 Å². The first kappa shape index (κ1) is 28.4. The van der Waals surface area contributed by atoms with Gasteiger partial charge in [-0.2, -0.15) is 13.2 Å². The van der Waals surface area contributed by atoms with Crippen molar-refractivity contribution in [3.05, 3.63) is 98.7 Å². The van der Waals surface area contributed by atoms with Gasteiger partial charge in [0.05, 0.1) is 16.5 Å². The molecule has 1 aromatic heterocycles. The molecule has 0 unspecified atom stereocenters. The second kappa shape index (κ2) is 11.4. The number of benzene rings is 3. The van der Waals surface area contributed by atoms with E-state index in [2.05, 4.69) is 0 Å². The molecule has 0 spiro atoms. The summed E-state index contributed by atoms with van der Waals surface area (Å²) >= 11 is 0. The average Bonchev–Trinajstić information content (AvgIpc) is 2.93. The fraction of sp³-hybridized carbons (Fsp3) is 0.290. The molecule has 3 aromatic carbocycles. The van der Waals surface area contributed by atoms with E-state index in [-0.39, 0.29) is 40.1 Å². The number of fused-ring (bicyclic) bond motifs is 1. The van der Waals surface area contributed by atoms with Gasteiger partial charge in [0.1, 0.15) is 22.9 Å². The second-order valence-electron chi connectivity index (χ2n) is 10.1. The highest BCUT2D eigenvalue weighted by atomic mass is 19.4. The number of nitrogens with zero attached hydrogens (tertiary/aromatic N) is 1. The van der Waals surface area contributed by atoms with Crippen molar-refractivity contribution >= 4 is 16.9 Å². The number of aryl methyl sites for hydroxylation is 2. The smallest absolute Gasteiger partial charge is 0.449 e. The van der Waals surface area contributed by atoms with E-state index < -0.39 is 34.9 Å². The lowest BCUT2D eigenvalue weighted by atomic mass is 10.1. The Balaban J connectivity index is 1.65. The first-order valence-corrected chi connectivity index (χ1v) is 13.2. The minimum atomic E-state index is -5.06. The zero-order chi connectivity index (χ0) is 29.3. The number of hydrogen-bond acceptors (Lipinski definition) is 6. The number of piperidine rings is 1. The molecule has 10 heteroatoms. The normalized spacial score (nSPS) is 14.3. The second-order valence-corrected chi connectivity index (χ2v) is 10.1. The monoisotopic (exact) mass is 569 g/mol. The van der Waals surface area contributed by atoms with Gasteiger partial charge in [-0.3, -0.25) is 9.69 Å². The summed E-state index contributed by atoms with van der Waals surface area (Å²) in [6.45, 7) is 5.05. The minimum Gasteiger partial charge on any atom is -0.449 e. The van der Waals surface area contributed by atoms with Gasteiger partial charge in [0.2, 0.25) is 11.2 Å². The number of alkyl halides is 3. The third-order valence-corrected chi connectivity index (χ3v) is 7.15. The van der Waals surface area contributed by atoms with Crippen LogP contribution >= 0.6 is 0 Å². The summed E-state index contributed by atoms with van der Waals surface area (Å²) < 4.78 is 72.9. The molecule has 1 aliphatic heterocycles. The molecule has 1 fully saturated rings. The van der Waals surface area contributed by atoms with E-state index in [1.54, 1.807) is 19.1 Å². The number of hydrogen-bond donors (Lipinski definition) is 0. The molecule has 1 aliphatic rings. The molecular weight excluding hydrogens is 542 g/mol. The van der Waals surface area contributed by atoms with Crippen molar-refractivity contribution in [3.8, 4) is 17.2 Å². The summed E-state index contributed by atoms with van der Waals surface area (Å²) in [6, 6.07) is 12.0. The van der Waals surface area contributed by atoms with Crippen LogP contribution in [0.5, 0.6) is 17.2 Å². The molecule has 0 aliphatic carbocycles. The van der Waals surface area contributed by atoms with Crippen LogP contribution in [0.2, 0.25) is 0 Å². The average molecular weight is 570 g/mol. The Hall–Kier alpha value is -4.18. The van der Waals surface area contributed by atoms with Crippen LogP contribution in [-0.2, 0) is 12.7 Å². The Morgan fingerprint density at radius 3 is 2.32 bits per heavy atom. The quantitative estimate of drug-likeness (QED) is 0.136. The van der Waals surface area contributed by atoms with Gasteiger partial charge in [-0.25, -0.2) is 9.18 Å². The maximum atomic E-state index is 14.3. The number of carbonyl (C=O) groups excluding carboxylic acids is 1. The SMILES string of the molecule is Cc1ccc(Oc2c(C(F)(F)F)oc3c(CN4CCCCC4)c(OC(=O)c4ccc(F)cc4)ccc3c2=O)cc1C. The van der Waals surface area contributed by atoms with Crippen LogP contribution in [0.4, 0.5) is 17.6 Å². The molecule has 0 N–H and O–H groups in total. The van der Waals surface area contributed by atoms with E-state index in [1.165, 1.54) is 30.3 Å². The number of esters is 1. The Bertz CT molecular complexity index is 1650. The number of ether oxygens (including phenoxy) is 2. The Morgan fingerprint density at radius 2 is 1.66 bits per heavy atom. The zero-order valence-corrected chi connectivity index (χ0v) is 22.4. The number of likely N-dealkylation sites (tertiary alicyclic amines) is 1. The molecule has 2 heterocycles. The largest absolute Gasteiger partial charge is 0.453 e. The van der Waals surface area contributed by atoms with Gasteiger partial charge in [0, 0.05) is 6.54 Å². The van der Waals surface area contributed by atoms with Crippen LogP contribution in [-0.4, -0.2) is 24.0 Å². The van der Waals surface area contributed by atoms with Crippen molar-refractivity contribution in [3.63, 3.8) is 0 Å². The van der Waals surface area contributed by atoms with Crippen LogP contribution in [0.25, 0.3) is 11.0 Å². The Labute approximate surface area is 233 Å². The van der Waals surface area contributed by atoms with Crippen LogP contribution in [0, 0.1) is 19.7 Å². The fourth-order valence-electron chi connectivity index (χ4n) is 4.78. The third kappa shape index (κ3) is 6.12. The van der Waals surface area contributed by atoms with Crippen molar-refractivity contribution in [1.82, 2.24) is 4.90 Å². The maximum absolute atomic E-state index is 14.3. The predicted molar refractivity (Wildman–Crippen MR) is 144 cm³/mol.